The number of Topliss-reactive ketones (excluding diaryl/α,β-unsaturated/α-hetero) is 1. The Morgan fingerprint density at radius 1 is 1.13 bits per heavy atom. The van der Waals surface area contributed by atoms with Crippen LogP contribution >= 0.6 is 0 Å². The molecule has 7 heteroatoms. The SMILES string of the molecule is C/C=C(C)/C=C(\C)[C@@H](OC(=O)[C@@](OC)(c1ccccc1)C(F)(F)F)[C@@H](C)C(=O)CCC. The Kier molecular flexibility index (Phi) is 9.69. The number of esters is 1. The van der Waals surface area contributed by atoms with E-state index in [1.807, 2.05) is 6.92 Å². The molecule has 0 saturated heterocycles. The molecule has 1 aromatic carbocycles. The fourth-order valence-corrected chi connectivity index (χ4v) is 3.34. The van der Waals surface area contributed by atoms with E-state index in [2.05, 4.69) is 0 Å². The van der Waals surface area contributed by atoms with E-state index in [0.29, 0.717) is 12.0 Å². The second kappa shape index (κ2) is 11.3. The van der Waals surface area contributed by atoms with Crippen LogP contribution in [0.5, 0.6) is 0 Å². The molecule has 3 atom stereocenters. The molecule has 0 aromatic heterocycles. The van der Waals surface area contributed by atoms with Crippen LogP contribution in [0.15, 0.2) is 53.6 Å². The van der Waals surface area contributed by atoms with Gasteiger partial charge in [-0.3, -0.25) is 4.79 Å². The van der Waals surface area contributed by atoms with Crippen molar-refractivity contribution in [1.29, 1.82) is 0 Å². The van der Waals surface area contributed by atoms with E-state index in [4.69, 9.17) is 9.47 Å². The molecule has 1 aromatic rings. The Balaban J connectivity index is 3.52. The number of hydrogen-bond donors (Lipinski definition) is 0. The van der Waals surface area contributed by atoms with Crippen LogP contribution < -0.4 is 0 Å². The summed E-state index contributed by atoms with van der Waals surface area (Å²) in [7, 11) is 0.815. The lowest BCUT2D eigenvalue weighted by Gasteiger charge is -2.35. The van der Waals surface area contributed by atoms with Crippen molar-refractivity contribution in [2.75, 3.05) is 7.11 Å². The highest BCUT2D eigenvalue weighted by Gasteiger charge is 2.64. The van der Waals surface area contributed by atoms with Crippen LogP contribution in [0.4, 0.5) is 13.2 Å². The summed E-state index contributed by atoms with van der Waals surface area (Å²) in [5, 5.41) is 0. The van der Waals surface area contributed by atoms with Gasteiger partial charge in [0.2, 0.25) is 0 Å². The number of ether oxygens (including phenoxy) is 2. The minimum Gasteiger partial charge on any atom is -0.454 e. The summed E-state index contributed by atoms with van der Waals surface area (Å²) in [6.45, 7) is 8.63. The van der Waals surface area contributed by atoms with Crippen LogP contribution in [0, 0.1) is 5.92 Å². The Morgan fingerprint density at radius 3 is 2.16 bits per heavy atom. The standard InChI is InChI=1S/C24H31F3O4/c1-7-12-20(28)18(5)21(17(4)15-16(3)8-2)31-22(29)23(30-6,24(25,26)27)19-13-10-9-11-14-19/h8-11,13-15,18,21H,7,12H2,1-6H3/b16-8+,17-15+/t18-,21+,23-/m0/s1. The summed E-state index contributed by atoms with van der Waals surface area (Å²) in [4.78, 5) is 25.6. The Labute approximate surface area is 182 Å². The molecule has 4 nitrogen and oxygen atoms in total. The number of benzene rings is 1. The predicted octanol–water partition coefficient (Wildman–Crippen LogP) is 5.92. The number of allylic oxidation sites excluding steroid dienone is 3. The van der Waals surface area contributed by atoms with Gasteiger partial charge in [-0.05, 0) is 32.8 Å². The summed E-state index contributed by atoms with van der Waals surface area (Å²) in [6, 6.07) is 6.62. The summed E-state index contributed by atoms with van der Waals surface area (Å²) < 4.78 is 52.8. The summed E-state index contributed by atoms with van der Waals surface area (Å²) >= 11 is 0. The molecule has 0 bridgehead atoms. The van der Waals surface area contributed by atoms with Crippen molar-refractivity contribution >= 4 is 11.8 Å². The molecule has 1 rings (SSSR count). The van der Waals surface area contributed by atoms with Gasteiger partial charge in [-0.15, -0.1) is 0 Å². The zero-order valence-electron chi connectivity index (χ0n) is 18.9. The van der Waals surface area contributed by atoms with Gasteiger partial charge in [0.05, 0.1) is 5.92 Å². The summed E-state index contributed by atoms with van der Waals surface area (Å²) in [5.74, 6) is -2.62. The largest absolute Gasteiger partial charge is 0.454 e. The number of carbonyl (C=O) groups excluding carboxylic acids is 2. The van der Waals surface area contributed by atoms with Gasteiger partial charge in [0, 0.05) is 19.1 Å². The minimum absolute atomic E-state index is 0.194. The van der Waals surface area contributed by atoms with E-state index in [1.54, 1.807) is 39.8 Å². The van der Waals surface area contributed by atoms with Gasteiger partial charge in [-0.1, -0.05) is 61.9 Å². The fraction of sp³-hybridized carbons (Fsp3) is 0.500. The summed E-state index contributed by atoms with van der Waals surface area (Å²) in [6.07, 6.45) is -1.94. The van der Waals surface area contributed by atoms with E-state index in [1.165, 1.54) is 18.2 Å². The normalized spacial score (nSPS) is 16.9. The lowest BCUT2D eigenvalue weighted by Crippen LogP contribution is -2.53. The van der Waals surface area contributed by atoms with Gasteiger partial charge in [0.25, 0.3) is 5.60 Å². The average molecular weight is 441 g/mol. The second-order valence-electron chi connectivity index (χ2n) is 7.50. The molecule has 0 heterocycles. The van der Waals surface area contributed by atoms with Crippen LogP contribution in [0.25, 0.3) is 0 Å². The monoisotopic (exact) mass is 440 g/mol. The predicted molar refractivity (Wildman–Crippen MR) is 113 cm³/mol. The van der Waals surface area contributed by atoms with E-state index >= 15 is 0 Å². The van der Waals surface area contributed by atoms with Crippen LogP contribution in [-0.4, -0.2) is 31.1 Å². The molecule has 0 aliphatic carbocycles. The van der Waals surface area contributed by atoms with Crippen molar-refractivity contribution < 1.29 is 32.2 Å². The first-order valence-corrected chi connectivity index (χ1v) is 10.2. The number of carbonyl (C=O) groups is 2. The fourth-order valence-electron chi connectivity index (χ4n) is 3.34. The maximum Gasteiger partial charge on any atom is 0.432 e. The van der Waals surface area contributed by atoms with Crippen molar-refractivity contribution in [3.05, 3.63) is 59.2 Å². The number of alkyl halides is 3. The highest BCUT2D eigenvalue weighted by molar-refractivity contribution is 5.85. The van der Waals surface area contributed by atoms with Crippen molar-refractivity contribution in [1.82, 2.24) is 0 Å². The molecular formula is C24H31F3O4. The van der Waals surface area contributed by atoms with E-state index in [9.17, 15) is 22.8 Å². The van der Waals surface area contributed by atoms with Crippen LogP contribution in [0.3, 0.4) is 0 Å². The Bertz CT molecular complexity index is 812. The smallest absolute Gasteiger partial charge is 0.432 e. The third-order valence-electron chi connectivity index (χ3n) is 5.23. The van der Waals surface area contributed by atoms with Gasteiger partial charge in [-0.2, -0.15) is 13.2 Å². The zero-order chi connectivity index (χ0) is 23.8. The average Bonchev–Trinajstić information content (AvgIpc) is 2.72. The van der Waals surface area contributed by atoms with Gasteiger partial charge >= 0.3 is 12.1 Å². The second-order valence-corrected chi connectivity index (χ2v) is 7.50. The lowest BCUT2D eigenvalue weighted by molar-refractivity contribution is -0.278. The maximum atomic E-state index is 14.2. The molecular weight excluding hydrogens is 409 g/mol. The summed E-state index contributed by atoms with van der Waals surface area (Å²) in [5.41, 5.74) is -2.41. The van der Waals surface area contributed by atoms with E-state index in [-0.39, 0.29) is 12.2 Å². The van der Waals surface area contributed by atoms with E-state index in [0.717, 1.165) is 24.8 Å². The highest BCUT2D eigenvalue weighted by atomic mass is 19.4. The lowest BCUT2D eigenvalue weighted by atomic mass is 9.89. The third kappa shape index (κ3) is 6.06. The zero-order valence-corrected chi connectivity index (χ0v) is 18.9. The minimum atomic E-state index is -5.09. The van der Waals surface area contributed by atoms with Gasteiger partial charge in [0.1, 0.15) is 11.9 Å². The van der Waals surface area contributed by atoms with Gasteiger partial charge in [-0.25, -0.2) is 4.79 Å². The Hall–Kier alpha value is -2.41. The molecule has 0 radical (unpaired) electrons. The molecule has 31 heavy (non-hydrogen) atoms. The first-order valence-electron chi connectivity index (χ1n) is 10.2. The number of hydrogen-bond acceptors (Lipinski definition) is 4. The molecule has 0 fully saturated rings. The van der Waals surface area contributed by atoms with Crippen molar-refractivity contribution in [2.24, 2.45) is 5.92 Å². The maximum absolute atomic E-state index is 14.2. The quantitative estimate of drug-likeness (QED) is 0.335. The van der Waals surface area contributed by atoms with Crippen LogP contribution in [0.1, 0.15) is 53.0 Å². The van der Waals surface area contributed by atoms with Crippen LogP contribution in [-0.2, 0) is 24.7 Å². The molecule has 0 N–H and O–H groups in total. The highest BCUT2D eigenvalue weighted by Crippen LogP contribution is 2.43. The number of ketones is 1. The first-order chi connectivity index (χ1) is 14.5. The van der Waals surface area contributed by atoms with Crippen LogP contribution in [0.2, 0.25) is 0 Å². The van der Waals surface area contributed by atoms with Crippen molar-refractivity contribution in [2.45, 2.75) is 65.3 Å². The van der Waals surface area contributed by atoms with Crippen molar-refractivity contribution in [3.63, 3.8) is 0 Å². The molecule has 0 aliphatic rings. The molecule has 172 valence electrons. The Morgan fingerprint density at radius 2 is 1.71 bits per heavy atom. The van der Waals surface area contributed by atoms with Crippen molar-refractivity contribution in [3.8, 4) is 0 Å². The number of methoxy groups -OCH3 is 1. The van der Waals surface area contributed by atoms with Gasteiger partial charge in [0.15, 0.2) is 0 Å². The van der Waals surface area contributed by atoms with Gasteiger partial charge < -0.3 is 9.47 Å². The molecule has 0 aliphatic heterocycles. The third-order valence-corrected chi connectivity index (χ3v) is 5.23. The topological polar surface area (TPSA) is 52.6 Å². The molecule has 0 amide bonds. The molecule has 0 saturated carbocycles. The first kappa shape index (κ1) is 26.6. The number of halogens is 3. The van der Waals surface area contributed by atoms with E-state index < -0.39 is 35.3 Å². The molecule has 0 spiro atoms. The number of rotatable bonds is 10. The molecule has 0 unspecified atom stereocenters.